The van der Waals surface area contributed by atoms with E-state index in [1.165, 1.54) is 0 Å². The van der Waals surface area contributed by atoms with Gasteiger partial charge in [0, 0.05) is 48.9 Å². The molecule has 162 valence electrons. The summed E-state index contributed by atoms with van der Waals surface area (Å²) in [4.78, 5) is 31.7. The van der Waals surface area contributed by atoms with Gasteiger partial charge in [-0.2, -0.15) is 0 Å². The summed E-state index contributed by atoms with van der Waals surface area (Å²) < 4.78 is 0. The van der Waals surface area contributed by atoms with Crippen molar-refractivity contribution in [3.63, 3.8) is 0 Å². The van der Waals surface area contributed by atoms with Crippen LogP contribution in [-0.4, -0.2) is 54.0 Å². The zero-order chi connectivity index (χ0) is 22.2. The van der Waals surface area contributed by atoms with E-state index < -0.39 is 0 Å². The molecular weight excluding hydrogens is 410 g/mol. The Kier molecular flexibility index (Phi) is 4.83. The second-order valence-corrected chi connectivity index (χ2v) is 8.45. The zero-order valence-corrected chi connectivity index (χ0v) is 18.1. The molecule has 33 heavy (non-hydrogen) atoms. The molecule has 0 fully saturated rings. The number of carbonyl (C=O) groups is 1. The van der Waals surface area contributed by atoms with Crippen LogP contribution in [0.5, 0.6) is 0 Å². The lowest BCUT2D eigenvalue weighted by molar-refractivity contribution is 0.0755. The maximum Gasteiger partial charge on any atom is 0.255 e. The Bertz CT molecular complexity index is 1360. The van der Waals surface area contributed by atoms with Crippen molar-refractivity contribution < 1.29 is 4.79 Å². The van der Waals surface area contributed by atoms with E-state index in [1.807, 2.05) is 65.7 Å². The molecule has 0 bridgehead atoms. The van der Waals surface area contributed by atoms with E-state index in [9.17, 15) is 4.79 Å². The quantitative estimate of drug-likeness (QED) is 0.452. The molecular formula is C27H23N5O. The third-order valence-corrected chi connectivity index (χ3v) is 6.41. The minimum atomic E-state index is 0.0434. The number of benzene rings is 3. The number of para-hydroxylation sites is 3. The van der Waals surface area contributed by atoms with Crippen LogP contribution in [-0.2, 0) is 6.54 Å². The predicted molar refractivity (Wildman–Crippen MR) is 133 cm³/mol. The first kappa shape index (κ1) is 19.6. The van der Waals surface area contributed by atoms with Gasteiger partial charge in [0.05, 0.1) is 16.6 Å². The highest BCUT2D eigenvalue weighted by molar-refractivity contribution is 6.16. The van der Waals surface area contributed by atoms with Gasteiger partial charge in [-0.1, -0.05) is 54.6 Å². The molecule has 3 heterocycles. The fraction of sp³-hybridized carbons (Fsp3) is 0.185. The summed E-state index contributed by atoms with van der Waals surface area (Å²) in [7, 11) is 0. The average Bonchev–Trinajstić information content (AvgIpc) is 3.30. The van der Waals surface area contributed by atoms with Gasteiger partial charge in [0.2, 0.25) is 0 Å². The highest BCUT2D eigenvalue weighted by atomic mass is 16.2. The Balaban J connectivity index is 1.41. The van der Waals surface area contributed by atoms with Gasteiger partial charge in [0.15, 0.2) is 0 Å². The van der Waals surface area contributed by atoms with Gasteiger partial charge < -0.3 is 9.80 Å². The van der Waals surface area contributed by atoms with Crippen LogP contribution < -0.4 is 4.90 Å². The summed E-state index contributed by atoms with van der Waals surface area (Å²) in [5.41, 5.74) is 4.72. The Hall–Kier alpha value is -4.06. The number of nitrogens with zero attached hydrogens (tertiary/aromatic N) is 5. The number of rotatable bonds is 3. The molecule has 1 amide bonds. The molecule has 0 saturated heterocycles. The molecule has 0 saturated carbocycles. The summed E-state index contributed by atoms with van der Waals surface area (Å²) in [6.07, 6.45) is 3.50. The Morgan fingerprint density at radius 1 is 0.879 bits per heavy atom. The predicted octanol–water partition coefficient (Wildman–Crippen LogP) is 4.33. The number of fused-ring (bicyclic) bond motifs is 3. The Morgan fingerprint density at radius 2 is 1.58 bits per heavy atom. The first-order valence-corrected chi connectivity index (χ1v) is 11.2. The van der Waals surface area contributed by atoms with Crippen LogP contribution >= 0.6 is 0 Å². The summed E-state index contributed by atoms with van der Waals surface area (Å²) in [5, 5.41) is 1.79. The fourth-order valence-corrected chi connectivity index (χ4v) is 4.81. The van der Waals surface area contributed by atoms with Crippen LogP contribution in [0.15, 0.2) is 82.8 Å². The Labute approximate surface area is 191 Å². The van der Waals surface area contributed by atoms with Crippen LogP contribution in [0, 0.1) is 0 Å². The molecule has 2 aliphatic rings. The van der Waals surface area contributed by atoms with E-state index >= 15 is 0 Å². The highest BCUT2D eigenvalue weighted by Crippen LogP contribution is 2.30. The zero-order valence-electron chi connectivity index (χ0n) is 18.1. The van der Waals surface area contributed by atoms with E-state index in [0.717, 1.165) is 51.7 Å². The molecule has 2 aliphatic heterocycles. The van der Waals surface area contributed by atoms with E-state index in [0.29, 0.717) is 13.1 Å². The van der Waals surface area contributed by atoms with Crippen LogP contribution in [0.4, 0.5) is 5.69 Å². The lowest BCUT2D eigenvalue weighted by Gasteiger charge is -2.26. The van der Waals surface area contributed by atoms with E-state index in [2.05, 4.69) is 33.1 Å². The second-order valence-electron chi connectivity index (χ2n) is 8.45. The van der Waals surface area contributed by atoms with Crippen LogP contribution in [0.1, 0.15) is 15.9 Å². The smallest absolute Gasteiger partial charge is 0.255 e. The fourth-order valence-electron chi connectivity index (χ4n) is 4.81. The van der Waals surface area contributed by atoms with Crippen molar-refractivity contribution in [3.8, 4) is 0 Å². The summed E-state index contributed by atoms with van der Waals surface area (Å²) in [6, 6.07) is 24.2. The number of carbonyl (C=O) groups excluding carboxylic acids is 1. The topological polar surface area (TPSA) is 61.2 Å². The lowest BCUT2D eigenvalue weighted by Crippen LogP contribution is -2.38. The van der Waals surface area contributed by atoms with Crippen molar-refractivity contribution in [2.75, 3.05) is 24.5 Å². The molecule has 4 aromatic rings. The van der Waals surface area contributed by atoms with Crippen LogP contribution in [0.2, 0.25) is 0 Å². The largest absolute Gasteiger partial charge is 0.367 e. The van der Waals surface area contributed by atoms with Gasteiger partial charge in [-0.25, -0.2) is 9.98 Å². The molecule has 6 rings (SSSR count). The number of hydrogen-bond acceptors (Lipinski definition) is 5. The monoisotopic (exact) mass is 433 g/mol. The van der Waals surface area contributed by atoms with Gasteiger partial charge in [-0.3, -0.25) is 9.79 Å². The maximum absolute atomic E-state index is 14.1. The minimum absolute atomic E-state index is 0.0434. The molecule has 0 radical (unpaired) electrons. The summed E-state index contributed by atoms with van der Waals surface area (Å²) >= 11 is 0. The standard InChI is InChI=1S/C27H23N5O/c33-27(26-21-8-2-4-10-23(21)30-24-11-5-3-9-22(24)26)32-14-13-31(17-20-15-28-18-29-20)25-12-6-1-7-19(25)16-32/h1-12,15,18,20H,13-14,16-17H2. The van der Waals surface area contributed by atoms with Crippen LogP contribution in [0.3, 0.4) is 0 Å². The van der Waals surface area contributed by atoms with Crippen molar-refractivity contribution in [2.45, 2.75) is 12.6 Å². The van der Waals surface area contributed by atoms with Crippen molar-refractivity contribution in [2.24, 2.45) is 9.98 Å². The van der Waals surface area contributed by atoms with Gasteiger partial charge in [-0.15, -0.1) is 0 Å². The van der Waals surface area contributed by atoms with Crippen molar-refractivity contribution in [1.82, 2.24) is 9.88 Å². The van der Waals surface area contributed by atoms with E-state index in [1.54, 1.807) is 6.34 Å². The van der Waals surface area contributed by atoms with Crippen LogP contribution in [0.25, 0.3) is 21.8 Å². The number of pyridine rings is 1. The van der Waals surface area contributed by atoms with Gasteiger partial charge >= 0.3 is 0 Å². The van der Waals surface area contributed by atoms with Gasteiger partial charge in [0.25, 0.3) is 5.91 Å². The molecule has 0 spiro atoms. The van der Waals surface area contributed by atoms with Gasteiger partial charge in [-0.05, 0) is 23.8 Å². The number of hydrogen-bond donors (Lipinski definition) is 0. The molecule has 1 atom stereocenters. The SMILES string of the molecule is O=C(c1c2ccccc2nc2ccccc12)N1CCN(CC2C=NC=N2)c2ccccc2C1. The molecule has 6 nitrogen and oxygen atoms in total. The highest BCUT2D eigenvalue weighted by Gasteiger charge is 2.27. The molecule has 0 aliphatic carbocycles. The molecule has 6 heteroatoms. The van der Waals surface area contributed by atoms with E-state index in [-0.39, 0.29) is 11.9 Å². The first-order chi connectivity index (χ1) is 16.3. The van der Waals surface area contributed by atoms with Crippen molar-refractivity contribution in [3.05, 3.63) is 83.9 Å². The average molecular weight is 434 g/mol. The Morgan fingerprint density at radius 3 is 2.30 bits per heavy atom. The van der Waals surface area contributed by atoms with Gasteiger partial charge in [0.1, 0.15) is 12.4 Å². The summed E-state index contributed by atoms with van der Waals surface area (Å²) in [6.45, 7) is 2.69. The maximum atomic E-state index is 14.1. The molecule has 1 unspecified atom stereocenters. The number of aliphatic imine (C=N–C) groups is 2. The molecule has 0 N–H and O–H groups in total. The third kappa shape index (κ3) is 3.53. The van der Waals surface area contributed by atoms with Crippen molar-refractivity contribution in [1.29, 1.82) is 0 Å². The number of aromatic nitrogens is 1. The lowest BCUT2D eigenvalue weighted by atomic mass is 10.0. The van der Waals surface area contributed by atoms with E-state index in [4.69, 9.17) is 4.98 Å². The third-order valence-electron chi connectivity index (χ3n) is 6.41. The number of amides is 1. The minimum Gasteiger partial charge on any atom is -0.367 e. The summed E-state index contributed by atoms with van der Waals surface area (Å²) in [5.74, 6) is 0.0434. The molecule has 3 aromatic carbocycles. The normalized spacial score (nSPS) is 17.5. The first-order valence-electron chi connectivity index (χ1n) is 11.2. The molecule has 1 aromatic heterocycles. The second kappa shape index (κ2) is 8.13. The number of anilines is 1. The van der Waals surface area contributed by atoms with Crippen molar-refractivity contribution >= 4 is 46.0 Å².